The molecule has 2 heterocycles. The molecule has 2 saturated heterocycles. The van der Waals surface area contributed by atoms with E-state index in [1.807, 2.05) is 0 Å². The Hall–Kier alpha value is -2.47. The smallest absolute Gasteiger partial charge is 0.330 e. The summed E-state index contributed by atoms with van der Waals surface area (Å²) in [4.78, 5) is 12.3. The van der Waals surface area contributed by atoms with E-state index in [0.717, 1.165) is 0 Å². The SMILES string of the molecule is C=CC(=O)O[C@@H]1[C@@H]2OC[C@@H](O2)[C@H]2C3c4ccccc4C(COC)(c4ccccc43)[C@@H]12. The molecule has 7 rings (SSSR count). The lowest BCUT2D eigenvalue weighted by molar-refractivity contribution is -0.227. The van der Waals surface area contributed by atoms with Gasteiger partial charge in [-0.3, -0.25) is 0 Å². The van der Waals surface area contributed by atoms with Crippen LogP contribution in [0.15, 0.2) is 61.2 Å². The standard InChI is InChI=1S/C25H24O5/c1-3-19(26)30-23-22-21(18-12-28-24(23)29-18)20-14-8-4-6-10-16(14)25(22,13-27-2)17-11-7-5-9-15(17)20/h3-11,18,20-24H,1,12-13H2,2H3/t18-,20?,21+,22-,23+,24-,25?/m1/s1. The lowest BCUT2D eigenvalue weighted by Gasteiger charge is -2.61. The van der Waals surface area contributed by atoms with Crippen LogP contribution < -0.4 is 0 Å². The summed E-state index contributed by atoms with van der Waals surface area (Å²) in [5.41, 5.74) is 4.71. The topological polar surface area (TPSA) is 54.0 Å². The lowest BCUT2D eigenvalue weighted by Crippen LogP contribution is -2.65. The number of carbonyl (C=O) groups excluding carboxylic acids is 1. The average Bonchev–Trinajstić information content (AvgIpc) is 3.21. The normalized spacial score (nSPS) is 37.1. The minimum atomic E-state index is -0.562. The summed E-state index contributed by atoms with van der Waals surface area (Å²) < 4.78 is 24.1. The summed E-state index contributed by atoms with van der Waals surface area (Å²) in [7, 11) is 1.74. The van der Waals surface area contributed by atoms with Gasteiger partial charge in [0.05, 0.1) is 24.7 Å². The van der Waals surface area contributed by atoms with Gasteiger partial charge in [-0.1, -0.05) is 55.1 Å². The van der Waals surface area contributed by atoms with Crippen molar-refractivity contribution < 1.29 is 23.7 Å². The van der Waals surface area contributed by atoms with Crippen LogP contribution in [0.25, 0.3) is 0 Å². The molecule has 4 bridgehead atoms. The third-order valence-electron chi connectivity index (χ3n) is 7.50. The summed E-state index contributed by atoms with van der Waals surface area (Å²) in [6.07, 6.45) is 0.0787. The zero-order chi connectivity index (χ0) is 20.5. The van der Waals surface area contributed by atoms with Crippen LogP contribution in [0, 0.1) is 11.8 Å². The molecule has 5 heteroatoms. The summed E-state index contributed by atoms with van der Waals surface area (Å²) in [5, 5.41) is 0. The number of hydrogen-bond acceptors (Lipinski definition) is 5. The van der Waals surface area contributed by atoms with Gasteiger partial charge in [-0.05, 0) is 22.3 Å². The Balaban J connectivity index is 1.65. The highest BCUT2D eigenvalue weighted by molar-refractivity contribution is 5.81. The van der Waals surface area contributed by atoms with Crippen LogP contribution in [0.3, 0.4) is 0 Å². The van der Waals surface area contributed by atoms with Crippen molar-refractivity contribution in [2.45, 2.75) is 29.8 Å². The fraction of sp³-hybridized carbons (Fsp3) is 0.400. The fourth-order valence-corrected chi connectivity index (χ4v) is 6.69. The monoisotopic (exact) mass is 404 g/mol. The van der Waals surface area contributed by atoms with Gasteiger partial charge in [-0.2, -0.15) is 0 Å². The maximum atomic E-state index is 12.3. The number of benzene rings is 2. The zero-order valence-electron chi connectivity index (χ0n) is 16.8. The molecule has 5 aliphatic rings. The number of ether oxygens (including phenoxy) is 4. The van der Waals surface area contributed by atoms with Gasteiger partial charge >= 0.3 is 5.97 Å². The molecule has 0 saturated carbocycles. The second-order valence-corrected chi connectivity index (χ2v) is 8.64. The minimum Gasteiger partial charge on any atom is -0.453 e. The average molecular weight is 404 g/mol. The van der Waals surface area contributed by atoms with E-state index in [0.29, 0.717) is 13.2 Å². The van der Waals surface area contributed by atoms with E-state index < -0.39 is 23.8 Å². The Morgan fingerprint density at radius 1 is 1.17 bits per heavy atom. The molecule has 2 aromatic carbocycles. The van der Waals surface area contributed by atoms with Gasteiger partial charge in [0.1, 0.15) is 0 Å². The first kappa shape index (κ1) is 18.3. The summed E-state index contributed by atoms with van der Waals surface area (Å²) in [6, 6.07) is 17.2. The van der Waals surface area contributed by atoms with Crippen molar-refractivity contribution in [1.29, 1.82) is 0 Å². The lowest BCUT2D eigenvalue weighted by atomic mass is 9.44. The predicted octanol–water partition coefficient (Wildman–Crippen LogP) is 3.16. The van der Waals surface area contributed by atoms with Crippen molar-refractivity contribution in [2.75, 3.05) is 20.3 Å². The number of methoxy groups -OCH3 is 1. The molecule has 0 radical (unpaired) electrons. The van der Waals surface area contributed by atoms with E-state index in [9.17, 15) is 4.79 Å². The molecule has 0 spiro atoms. The third-order valence-corrected chi connectivity index (χ3v) is 7.50. The molecule has 0 amide bonds. The van der Waals surface area contributed by atoms with Crippen LogP contribution in [-0.2, 0) is 29.2 Å². The second-order valence-electron chi connectivity index (χ2n) is 8.64. The molecule has 2 aliphatic heterocycles. The van der Waals surface area contributed by atoms with Gasteiger partial charge < -0.3 is 18.9 Å². The molecular weight excluding hydrogens is 380 g/mol. The van der Waals surface area contributed by atoms with Gasteiger partial charge in [0, 0.05) is 30.9 Å². The third kappa shape index (κ3) is 2.15. The highest BCUT2D eigenvalue weighted by Crippen LogP contribution is 2.66. The first-order valence-electron chi connectivity index (χ1n) is 10.5. The zero-order valence-corrected chi connectivity index (χ0v) is 16.8. The highest BCUT2D eigenvalue weighted by atomic mass is 16.7. The number of esters is 1. The first-order valence-corrected chi connectivity index (χ1v) is 10.5. The molecule has 30 heavy (non-hydrogen) atoms. The van der Waals surface area contributed by atoms with Crippen LogP contribution in [-0.4, -0.2) is 44.8 Å². The second kappa shape index (κ2) is 6.51. The van der Waals surface area contributed by atoms with Gasteiger partial charge in [-0.15, -0.1) is 0 Å². The summed E-state index contributed by atoms with van der Waals surface area (Å²) in [6.45, 7) is 4.59. The van der Waals surface area contributed by atoms with Crippen LogP contribution >= 0.6 is 0 Å². The maximum absolute atomic E-state index is 12.3. The van der Waals surface area contributed by atoms with E-state index >= 15 is 0 Å². The molecule has 2 aromatic rings. The van der Waals surface area contributed by atoms with E-state index in [1.54, 1.807) is 7.11 Å². The molecular formula is C25H24O5. The molecule has 2 fully saturated rings. The van der Waals surface area contributed by atoms with E-state index in [2.05, 4.69) is 55.1 Å². The molecule has 0 unspecified atom stereocenters. The Morgan fingerprint density at radius 2 is 1.83 bits per heavy atom. The summed E-state index contributed by atoms with van der Waals surface area (Å²) >= 11 is 0. The fourth-order valence-electron chi connectivity index (χ4n) is 6.69. The number of carbonyl (C=O) groups is 1. The van der Waals surface area contributed by atoms with Crippen LogP contribution in [0.4, 0.5) is 0 Å². The number of rotatable bonds is 4. The molecule has 5 nitrogen and oxygen atoms in total. The van der Waals surface area contributed by atoms with Gasteiger partial charge in [-0.25, -0.2) is 4.79 Å². The van der Waals surface area contributed by atoms with Gasteiger partial charge in [0.2, 0.25) is 0 Å². The molecule has 0 N–H and O–H groups in total. The van der Waals surface area contributed by atoms with Crippen molar-refractivity contribution in [1.82, 2.24) is 0 Å². The van der Waals surface area contributed by atoms with E-state index in [4.69, 9.17) is 18.9 Å². The highest BCUT2D eigenvalue weighted by Gasteiger charge is 2.68. The number of fused-ring (bicyclic) bond motifs is 2. The van der Waals surface area contributed by atoms with Crippen LogP contribution in [0.5, 0.6) is 0 Å². The van der Waals surface area contributed by atoms with Crippen molar-refractivity contribution in [3.05, 3.63) is 83.4 Å². The van der Waals surface area contributed by atoms with Crippen molar-refractivity contribution in [2.24, 2.45) is 11.8 Å². The Morgan fingerprint density at radius 3 is 2.47 bits per heavy atom. The maximum Gasteiger partial charge on any atom is 0.330 e. The van der Waals surface area contributed by atoms with Gasteiger partial charge in [0.15, 0.2) is 12.4 Å². The first-order chi connectivity index (χ1) is 14.7. The van der Waals surface area contributed by atoms with E-state index in [-0.39, 0.29) is 23.9 Å². The van der Waals surface area contributed by atoms with Crippen molar-refractivity contribution in [3.63, 3.8) is 0 Å². The molecule has 0 aromatic heterocycles. The van der Waals surface area contributed by atoms with Crippen LogP contribution in [0.1, 0.15) is 28.2 Å². The molecule has 3 aliphatic carbocycles. The van der Waals surface area contributed by atoms with E-state index in [1.165, 1.54) is 28.3 Å². The minimum absolute atomic E-state index is 0.0117. The quantitative estimate of drug-likeness (QED) is 0.579. The van der Waals surface area contributed by atoms with Crippen LogP contribution in [0.2, 0.25) is 0 Å². The van der Waals surface area contributed by atoms with Gasteiger partial charge in [0.25, 0.3) is 0 Å². The summed E-state index contributed by atoms with van der Waals surface area (Å²) in [5.74, 6) is -0.167. The largest absolute Gasteiger partial charge is 0.453 e. The number of hydrogen-bond donors (Lipinski definition) is 0. The Bertz CT molecular complexity index is 982. The Labute approximate surface area is 175 Å². The van der Waals surface area contributed by atoms with Crippen molar-refractivity contribution >= 4 is 5.97 Å². The molecule has 5 atom stereocenters. The predicted molar refractivity (Wildman–Crippen MR) is 109 cm³/mol. The van der Waals surface area contributed by atoms with Crippen molar-refractivity contribution in [3.8, 4) is 0 Å². The Kier molecular flexibility index (Phi) is 3.97. The molecule has 154 valence electrons.